The van der Waals surface area contributed by atoms with Crippen LogP contribution in [0.5, 0.6) is 0 Å². The van der Waals surface area contributed by atoms with Gasteiger partial charge in [-0.25, -0.2) is 0 Å². The molecule has 0 fully saturated rings. The number of hydrogen-bond acceptors (Lipinski definition) is 3. The molecule has 0 radical (unpaired) electrons. The molecule has 2 aliphatic rings. The van der Waals surface area contributed by atoms with Crippen LogP contribution in [0.3, 0.4) is 0 Å². The second kappa shape index (κ2) is 9.35. The van der Waals surface area contributed by atoms with E-state index in [1.807, 2.05) is 83.8 Å². The number of hydrogen-bond donors (Lipinski definition) is 2. The molecule has 2 N–H and O–H groups in total. The zero-order valence-corrected chi connectivity index (χ0v) is 21.4. The number of halogens is 2. The number of benzene rings is 3. The maximum atomic E-state index is 13.5. The first-order valence-corrected chi connectivity index (χ1v) is 12.7. The van der Waals surface area contributed by atoms with Crippen LogP contribution in [0.2, 0.25) is 0 Å². The first-order chi connectivity index (χ1) is 16.5. The standard InChI is InChI=1S/C28H22Br2N2O2/c29-19-14-12-17(13-15-19)24-25-22(10-5-11-23(25)33)32(21-9-4-8-20(30)16-21)28(31)26(24)27(34)18-6-2-1-3-7-18/h1-4,6-9,12-16,24,31,34H,5,10-11H2/b27-26+,31-28?/t24-/m0/s1. The van der Waals surface area contributed by atoms with Crippen LogP contribution in [0.4, 0.5) is 5.69 Å². The van der Waals surface area contributed by atoms with E-state index in [0.29, 0.717) is 29.6 Å². The summed E-state index contributed by atoms with van der Waals surface area (Å²) in [5, 5.41) is 20.9. The SMILES string of the molecule is N=C1/C(=C(/O)c2ccccc2)[C@@H](c2ccc(Br)cc2)C2=C(CCCC2=O)N1c1cccc(Br)c1. The molecule has 5 rings (SSSR count). The van der Waals surface area contributed by atoms with Crippen LogP contribution in [0.25, 0.3) is 5.76 Å². The molecule has 1 heterocycles. The van der Waals surface area contributed by atoms with E-state index in [0.717, 1.165) is 32.3 Å². The van der Waals surface area contributed by atoms with Crippen LogP contribution < -0.4 is 4.90 Å². The Labute approximate surface area is 215 Å². The third kappa shape index (κ3) is 4.05. The summed E-state index contributed by atoms with van der Waals surface area (Å²) in [5.41, 5.74) is 4.23. The number of anilines is 1. The highest BCUT2D eigenvalue weighted by Gasteiger charge is 2.43. The minimum absolute atomic E-state index is 0.0171. The van der Waals surface area contributed by atoms with Gasteiger partial charge in [-0.3, -0.25) is 15.1 Å². The van der Waals surface area contributed by atoms with Gasteiger partial charge in [0.25, 0.3) is 0 Å². The quantitative estimate of drug-likeness (QED) is 0.312. The van der Waals surface area contributed by atoms with Gasteiger partial charge in [0.15, 0.2) is 5.78 Å². The van der Waals surface area contributed by atoms with Crippen molar-refractivity contribution in [1.82, 2.24) is 0 Å². The molecule has 0 saturated carbocycles. The van der Waals surface area contributed by atoms with Gasteiger partial charge in [0.05, 0.1) is 0 Å². The topological polar surface area (TPSA) is 64.4 Å². The first kappa shape index (κ1) is 22.8. The molecule has 0 saturated heterocycles. The summed E-state index contributed by atoms with van der Waals surface area (Å²) in [5.74, 6) is -0.253. The van der Waals surface area contributed by atoms with E-state index >= 15 is 0 Å². The van der Waals surface area contributed by atoms with E-state index < -0.39 is 5.92 Å². The second-order valence-electron chi connectivity index (χ2n) is 8.41. The number of ketones is 1. The lowest BCUT2D eigenvalue weighted by Crippen LogP contribution is -2.42. The molecular formula is C28H22Br2N2O2. The highest BCUT2D eigenvalue weighted by Crippen LogP contribution is 2.48. The third-order valence-electron chi connectivity index (χ3n) is 6.33. The summed E-state index contributed by atoms with van der Waals surface area (Å²) in [4.78, 5) is 15.3. The van der Waals surface area contributed by atoms with Crippen molar-refractivity contribution in [2.75, 3.05) is 4.90 Å². The number of aliphatic hydroxyl groups excluding tert-OH is 1. The molecular weight excluding hydrogens is 556 g/mol. The van der Waals surface area contributed by atoms with Crippen LogP contribution in [-0.2, 0) is 4.79 Å². The largest absolute Gasteiger partial charge is 0.507 e. The lowest BCUT2D eigenvalue weighted by atomic mass is 9.73. The van der Waals surface area contributed by atoms with Crippen molar-refractivity contribution in [3.8, 4) is 0 Å². The predicted octanol–water partition coefficient (Wildman–Crippen LogP) is 7.77. The van der Waals surface area contributed by atoms with E-state index in [4.69, 9.17) is 0 Å². The Hall–Kier alpha value is -2.96. The monoisotopic (exact) mass is 576 g/mol. The Bertz CT molecular complexity index is 1340. The van der Waals surface area contributed by atoms with Crippen LogP contribution in [0, 0.1) is 5.41 Å². The van der Waals surface area contributed by atoms with E-state index in [1.54, 1.807) is 0 Å². The number of allylic oxidation sites excluding steroid dienone is 2. The molecule has 0 amide bonds. The lowest BCUT2D eigenvalue weighted by Gasteiger charge is -2.41. The third-order valence-corrected chi connectivity index (χ3v) is 7.35. The van der Waals surface area contributed by atoms with Gasteiger partial charge in [-0.15, -0.1) is 0 Å². The molecule has 0 bridgehead atoms. The van der Waals surface area contributed by atoms with Crippen molar-refractivity contribution in [3.63, 3.8) is 0 Å². The van der Waals surface area contributed by atoms with E-state index in [9.17, 15) is 15.3 Å². The molecule has 0 aromatic heterocycles. The van der Waals surface area contributed by atoms with Crippen LogP contribution in [0.15, 0.2) is 105 Å². The minimum Gasteiger partial charge on any atom is -0.507 e. The van der Waals surface area contributed by atoms with Gasteiger partial charge in [0.2, 0.25) is 0 Å². The maximum absolute atomic E-state index is 13.5. The minimum atomic E-state index is -0.521. The number of nitrogens with one attached hydrogen (secondary N) is 1. The number of aliphatic hydroxyl groups is 1. The van der Waals surface area contributed by atoms with Crippen molar-refractivity contribution >= 4 is 54.9 Å². The van der Waals surface area contributed by atoms with Crippen molar-refractivity contribution in [2.45, 2.75) is 25.2 Å². The Morgan fingerprint density at radius 3 is 2.35 bits per heavy atom. The summed E-state index contributed by atoms with van der Waals surface area (Å²) in [6.45, 7) is 0. The van der Waals surface area contributed by atoms with Gasteiger partial charge >= 0.3 is 0 Å². The van der Waals surface area contributed by atoms with Crippen LogP contribution >= 0.6 is 31.9 Å². The van der Waals surface area contributed by atoms with Gasteiger partial charge in [0, 0.05) is 49.4 Å². The van der Waals surface area contributed by atoms with Gasteiger partial charge in [0.1, 0.15) is 11.6 Å². The Kier molecular flexibility index (Phi) is 6.28. The molecule has 6 heteroatoms. The van der Waals surface area contributed by atoms with Crippen LogP contribution in [0.1, 0.15) is 36.3 Å². The fraction of sp³-hybridized carbons (Fsp3) is 0.143. The van der Waals surface area contributed by atoms with Gasteiger partial charge < -0.3 is 5.11 Å². The molecule has 1 aliphatic heterocycles. The number of Topliss-reactive ketones (excluding diaryl/α,β-unsaturated/α-hetero) is 1. The molecule has 3 aromatic carbocycles. The lowest BCUT2D eigenvalue weighted by molar-refractivity contribution is -0.116. The molecule has 0 unspecified atom stereocenters. The molecule has 0 spiro atoms. The number of nitrogens with zero attached hydrogens (tertiary/aromatic N) is 1. The number of carbonyl (C=O) groups excluding carboxylic acids is 1. The first-order valence-electron chi connectivity index (χ1n) is 11.1. The van der Waals surface area contributed by atoms with Crippen molar-refractivity contribution in [3.05, 3.63) is 116 Å². The maximum Gasteiger partial charge on any atom is 0.161 e. The Morgan fingerprint density at radius 2 is 1.65 bits per heavy atom. The number of carbonyl (C=O) groups is 1. The van der Waals surface area contributed by atoms with Crippen molar-refractivity contribution in [1.29, 1.82) is 5.41 Å². The Morgan fingerprint density at radius 1 is 0.912 bits per heavy atom. The predicted molar refractivity (Wildman–Crippen MR) is 143 cm³/mol. The van der Waals surface area contributed by atoms with Gasteiger partial charge in [-0.1, -0.05) is 80.4 Å². The molecule has 3 aromatic rings. The highest BCUT2D eigenvalue weighted by molar-refractivity contribution is 9.10. The fourth-order valence-corrected chi connectivity index (χ4v) is 5.48. The van der Waals surface area contributed by atoms with E-state index in [2.05, 4.69) is 31.9 Å². The van der Waals surface area contributed by atoms with Gasteiger partial charge in [-0.05, 0) is 48.7 Å². The molecule has 4 nitrogen and oxygen atoms in total. The summed E-state index contributed by atoms with van der Waals surface area (Å²) in [6, 6.07) is 24.8. The number of amidine groups is 1. The summed E-state index contributed by atoms with van der Waals surface area (Å²) < 4.78 is 1.81. The number of rotatable bonds is 3. The van der Waals surface area contributed by atoms with E-state index in [1.165, 1.54) is 0 Å². The summed E-state index contributed by atoms with van der Waals surface area (Å²) in [7, 11) is 0. The summed E-state index contributed by atoms with van der Waals surface area (Å²) in [6.07, 6.45) is 1.90. The summed E-state index contributed by atoms with van der Waals surface area (Å²) >= 11 is 7.03. The molecule has 1 atom stereocenters. The van der Waals surface area contributed by atoms with E-state index in [-0.39, 0.29) is 17.4 Å². The zero-order valence-electron chi connectivity index (χ0n) is 18.3. The highest BCUT2D eigenvalue weighted by atomic mass is 79.9. The van der Waals surface area contributed by atoms with Crippen molar-refractivity contribution in [2.24, 2.45) is 0 Å². The van der Waals surface area contributed by atoms with Crippen molar-refractivity contribution < 1.29 is 9.90 Å². The second-order valence-corrected chi connectivity index (χ2v) is 10.2. The van der Waals surface area contributed by atoms with Gasteiger partial charge in [-0.2, -0.15) is 0 Å². The smallest absolute Gasteiger partial charge is 0.161 e. The Balaban J connectivity index is 1.83. The molecule has 170 valence electrons. The average Bonchev–Trinajstić information content (AvgIpc) is 2.84. The normalized spacial score (nSPS) is 19.8. The average molecular weight is 578 g/mol. The molecule has 34 heavy (non-hydrogen) atoms. The zero-order chi connectivity index (χ0) is 23.8. The molecule has 1 aliphatic carbocycles. The fourth-order valence-electron chi connectivity index (χ4n) is 4.83. The van der Waals surface area contributed by atoms with Crippen LogP contribution in [-0.4, -0.2) is 16.7 Å².